The Kier molecular flexibility index (Phi) is 8.29. The number of benzene rings is 2. The highest BCUT2D eigenvalue weighted by Gasteiger charge is 2.35. The number of pyridine rings is 1. The van der Waals surface area contributed by atoms with Crippen molar-refractivity contribution in [2.24, 2.45) is 0 Å². The standard InChI is InChI=1S/C28H27N5O5S2/c34-26(30-12-13-33-27(35)25(39-28(33)36)18-21-6-5-11-29-20-21)22-7-4-10-24(19-22)40(37,38)32-16-14-31(15-17-32)23-8-2-1-3-9-23/h1-11,18-20H,12-17H2,(H,30,34)/b25-18+. The number of hydrogen-bond acceptors (Lipinski definition) is 8. The van der Waals surface area contributed by atoms with Crippen molar-refractivity contribution in [3.63, 3.8) is 0 Å². The minimum absolute atomic E-state index is 0.00946. The maximum atomic E-state index is 13.3. The normalized spacial score (nSPS) is 17.4. The van der Waals surface area contributed by atoms with Gasteiger partial charge in [-0.3, -0.25) is 24.3 Å². The molecule has 3 aromatic rings. The van der Waals surface area contributed by atoms with E-state index >= 15 is 0 Å². The van der Waals surface area contributed by atoms with Gasteiger partial charge in [0.05, 0.1) is 9.80 Å². The van der Waals surface area contributed by atoms with Crippen molar-refractivity contribution < 1.29 is 22.8 Å². The first-order chi connectivity index (χ1) is 19.3. The minimum Gasteiger partial charge on any atom is -0.369 e. The number of nitrogens with zero attached hydrogens (tertiary/aromatic N) is 4. The molecule has 3 heterocycles. The molecule has 0 saturated carbocycles. The molecule has 1 N–H and O–H groups in total. The van der Waals surface area contributed by atoms with Gasteiger partial charge in [0.25, 0.3) is 17.1 Å². The van der Waals surface area contributed by atoms with Crippen LogP contribution in [-0.2, 0) is 14.8 Å². The van der Waals surface area contributed by atoms with Crippen molar-refractivity contribution in [1.82, 2.24) is 19.5 Å². The van der Waals surface area contributed by atoms with Gasteiger partial charge >= 0.3 is 0 Å². The molecule has 2 saturated heterocycles. The van der Waals surface area contributed by atoms with Crippen LogP contribution in [0.2, 0.25) is 0 Å². The number of imide groups is 1. The molecule has 206 valence electrons. The quantitative estimate of drug-likeness (QED) is 0.406. The second kappa shape index (κ2) is 12.0. The molecule has 5 rings (SSSR count). The summed E-state index contributed by atoms with van der Waals surface area (Å²) in [5.74, 6) is -0.933. The second-order valence-electron chi connectivity index (χ2n) is 9.13. The predicted octanol–water partition coefficient (Wildman–Crippen LogP) is 3.06. The van der Waals surface area contributed by atoms with Gasteiger partial charge in [-0.15, -0.1) is 0 Å². The summed E-state index contributed by atoms with van der Waals surface area (Å²) in [5, 5.41) is 2.25. The molecule has 0 unspecified atom stereocenters. The van der Waals surface area contributed by atoms with E-state index in [4.69, 9.17) is 0 Å². The fourth-order valence-electron chi connectivity index (χ4n) is 4.46. The van der Waals surface area contributed by atoms with E-state index in [2.05, 4.69) is 15.2 Å². The van der Waals surface area contributed by atoms with Crippen molar-refractivity contribution in [3.8, 4) is 0 Å². The van der Waals surface area contributed by atoms with E-state index < -0.39 is 27.1 Å². The maximum Gasteiger partial charge on any atom is 0.293 e. The molecular formula is C28H27N5O5S2. The van der Waals surface area contributed by atoms with E-state index in [-0.39, 0.29) is 28.5 Å². The number of para-hydroxylation sites is 1. The molecule has 2 fully saturated rings. The molecule has 2 aliphatic rings. The van der Waals surface area contributed by atoms with Gasteiger partial charge in [-0.05, 0) is 59.8 Å². The van der Waals surface area contributed by atoms with Crippen LogP contribution in [0.1, 0.15) is 15.9 Å². The van der Waals surface area contributed by atoms with Crippen LogP contribution in [-0.4, -0.2) is 78.9 Å². The number of carbonyl (C=O) groups is 3. The smallest absolute Gasteiger partial charge is 0.293 e. The molecule has 0 atom stereocenters. The van der Waals surface area contributed by atoms with Gasteiger partial charge in [0.15, 0.2) is 0 Å². The summed E-state index contributed by atoms with van der Waals surface area (Å²) in [6.07, 6.45) is 4.81. The van der Waals surface area contributed by atoms with Gasteiger partial charge in [-0.1, -0.05) is 30.3 Å². The Morgan fingerprint density at radius 3 is 2.48 bits per heavy atom. The fraction of sp³-hybridized carbons (Fsp3) is 0.214. The lowest BCUT2D eigenvalue weighted by Crippen LogP contribution is -2.48. The van der Waals surface area contributed by atoms with Gasteiger partial charge < -0.3 is 10.2 Å². The van der Waals surface area contributed by atoms with Crippen molar-refractivity contribution in [3.05, 3.63) is 95.2 Å². The van der Waals surface area contributed by atoms with Crippen LogP contribution >= 0.6 is 11.8 Å². The van der Waals surface area contributed by atoms with Crippen molar-refractivity contribution in [1.29, 1.82) is 0 Å². The molecule has 0 aliphatic carbocycles. The van der Waals surface area contributed by atoms with Crippen LogP contribution in [0.3, 0.4) is 0 Å². The number of rotatable bonds is 8. The Morgan fingerprint density at radius 1 is 0.975 bits per heavy atom. The van der Waals surface area contributed by atoms with Gasteiger partial charge in [0, 0.05) is 62.9 Å². The molecule has 12 heteroatoms. The number of hydrogen-bond donors (Lipinski definition) is 1. The van der Waals surface area contributed by atoms with Crippen LogP contribution in [0, 0.1) is 0 Å². The minimum atomic E-state index is -3.79. The van der Waals surface area contributed by atoms with Gasteiger partial charge in [0.2, 0.25) is 10.0 Å². The lowest BCUT2D eigenvalue weighted by Gasteiger charge is -2.35. The summed E-state index contributed by atoms with van der Waals surface area (Å²) in [4.78, 5) is 45.4. The number of thioether (sulfide) groups is 1. The monoisotopic (exact) mass is 577 g/mol. The highest BCUT2D eigenvalue weighted by molar-refractivity contribution is 8.18. The molecule has 0 radical (unpaired) electrons. The molecule has 1 aromatic heterocycles. The van der Waals surface area contributed by atoms with Gasteiger partial charge in [0.1, 0.15) is 0 Å². The summed E-state index contributed by atoms with van der Waals surface area (Å²) in [5.41, 5.74) is 1.93. The predicted molar refractivity (Wildman–Crippen MR) is 153 cm³/mol. The van der Waals surface area contributed by atoms with Crippen molar-refractivity contribution >= 4 is 50.6 Å². The second-order valence-corrected chi connectivity index (χ2v) is 12.1. The van der Waals surface area contributed by atoms with Crippen LogP contribution in [0.15, 0.2) is 88.9 Å². The number of piperazine rings is 1. The van der Waals surface area contributed by atoms with Gasteiger partial charge in [-0.2, -0.15) is 4.31 Å². The Hall–Kier alpha value is -4.00. The summed E-state index contributed by atoms with van der Waals surface area (Å²) >= 11 is 0.833. The fourth-order valence-corrected chi connectivity index (χ4v) is 6.79. The zero-order valence-electron chi connectivity index (χ0n) is 21.5. The summed E-state index contributed by atoms with van der Waals surface area (Å²) in [6.45, 7) is 1.81. The van der Waals surface area contributed by atoms with Crippen LogP contribution in [0.25, 0.3) is 6.08 Å². The lowest BCUT2D eigenvalue weighted by molar-refractivity contribution is -0.122. The Bertz CT molecular complexity index is 1540. The van der Waals surface area contributed by atoms with E-state index in [1.165, 1.54) is 28.6 Å². The first-order valence-electron chi connectivity index (χ1n) is 12.7. The largest absolute Gasteiger partial charge is 0.369 e. The Balaban J connectivity index is 1.17. The van der Waals surface area contributed by atoms with E-state index in [0.29, 0.717) is 31.7 Å². The first-order valence-corrected chi connectivity index (χ1v) is 14.9. The summed E-state index contributed by atoms with van der Waals surface area (Å²) in [7, 11) is -3.79. The third-order valence-electron chi connectivity index (χ3n) is 6.57. The molecular weight excluding hydrogens is 550 g/mol. The van der Waals surface area contributed by atoms with Crippen LogP contribution < -0.4 is 10.2 Å². The lowest BCUT2D eigenvalue weighted by atomic mass is 10.2. The van der Waals surface area contributed by atoms with Crippen LogP contribution in [0.5, 0.6) is 0 Å². The third kappa shape index (κ3) is 6.09. The number of aromatic nitrogens is 1. The molecule has 10 nitrogen and oxygen atoms in total. The number of carbonyl (C=O) groups excluding carboxylic acids is 3. The molecule has 2 aromatic carbocycles. The summed E-state index contributed by atoms with van der Waals surface area (Å²) in [6, 6.07) is 19.2. The molecule has 0 bridgehead atoms. The van der Waals surface area contributed by atoms with E-state index in [1.54, 1.807) is 30.6 Å². The molecule has 0 spiro atoms. The number of nitrogens with one attached hydrogen (secondary N) is 1. The van der Waals surface area contributed by atoms with E-state index in [0.717, 1.165) is 22.3 Å². The average Bonchev–Trinajstić information content (AvgIpc) is 3.25. The highest BCUT2D eigenvalue weighted by Crippen LogP contribution is 2.31. The van der Waals surface area contributed by atoms with Crippen molar-refractivity contribution in [2.75, 3.05) is 44.2 Å². The SMILES string of the molecule is O=C(NCCN1C(=O)S/C(=C/c2cccnc2)C1=O)c1cccc(S(=O)(=O)N2CCN(c3ccccc3)CC2)c1. The number of sulfonamides is 1. The number of anilines is 1. The first kappa shape index (κ1) is 27.6. The summed E-state index contributed by atoms with van der Waals surface area (Å²) < 4.78 is 28.1. The highest BCUT2D eigenvalue weighted by atomic mass is 32.2. The van der Waals surface area contributed by atoms with E-state index in [9.17, 15) is 22.8 Å². The zero-order chi connectivity index (χ0) is 28.1. The maximum absolute atomic E-state index is 13.3. The van der Waals surface area contributed by atoms with Crippen molar-refractivity contribution in [2.45, 2.75) is 4.90 Å². The van der Waals surface area contributed by atoms with Crippen LogP contribution in [0.4, 0.5) is 10.5 Å². The zero-order valence-corrected chi connectivity index (χ0v) is 23.1. The Morgan fingerprint density at radius 2 is 1.75 bits per heavy atom. The topological polar surface area (TPSA) is 120 Å². The molecule has 3 amide bonds. The van der Waals surface area contributed by atoms with E-state index in [1.807, 2.05) is 30.3 Å². The van der Waals surface area contributed by atoms with Gasteiger partial charge in [-0.25, -0.2) is 8.42 Å². The average molecular weight is 578 g/mol. The molecule has 40 heavy (non-hydrogen) atoms. The Labute approximate surface area is 236 Å². The third-order valence-corrected chi connectivity index (χ3v) is 9.37. The number of amides is 3. The molecule has 2 aliphatic heterocycles.